The van der Waals surface area contributed by atoms with E-state index in [1.54, 1.807) is 24.5 Å². The fourth-order valence-electron chi connectivity index (χ4n) is 1.00. The van der Waals surface area contributed by atoms with Crippen LogP contribution in [-0.4, -0.2) is 32.0 Å². The van der Waals surface area contributed by atoms with Crippen molar-refractivity contribution in [2.24, 2.45) is 0 Å². The minimum absolute atomic E-state index is 0.0992. The van der Waals surface area contributed by atoms with Crippen molar-refractivity contribution in [3.8, 4) is 11.5 Å². The molecule has 0 radical (unpaired) electrons. The normalized spacial score (nSPS) is 10.2. The summed E-state index contributed by atoms with van der Waals surface area (Å²) in [5, 5.41) is 16.3. The number of carbonyl (C=O) groups is 1. The summed E-state index contributed by atoms with van der Waals surface area (Å²) >= 11 is 0.989. The average Bonchev–Trinajstić information content (AvgIpc) is 2.76. The van der Waals surface area contributed by atoms with Crippen molar-refractivity contribution >= 4 is 17.7 Å². The van der Waals surface area contributed by atoms with Gasteiger partial charge in [-0.05, 0) is 12.1 Å². The molecule has 0 atom stereocenters. The Hall–Kier alpha value is -1.89. The van der Waals surface area contributed by atoms with E-state index in [2.05, 4.69) is 15.2 Å². The molecule has 0 unspecified atom stereocenters. The van der Waals surface area contributed by atoms with Gasteiger partial charge < -0.3 is 9.52 Å². The molecule has 16 heavy (non-hydrogen) atoms. The van der Waals surface area contributed by atoms with Gasteiger partial charge in [0.2, 0.25) is 5.89 Å². The molecule has 1 N–H and O–H groups in total. The fourth-order valence-corrected chi connectivity index (χ4v) is 1.49. The summed E-state index contributed by atoms with van der Waals surface area (Å²) in [7, 11) is 0. The van der Waals surface area contributed by atoms with Crippen LogP contribution < -0.4 is 0 Å². The van der Waals surface area contributed by atoms with E-state index < -0.39 is 5.97 Å². The number of carboxylic acids is 1. The first-order valence-corrected chi connectivity index (χ1v) is 5.33. The lowest BCUT2D eigenvalue weighted by Crippen LogP contribution is -1.97. The zero-order chi connectivity index (χ0) is 11.4. The summed E-state index contributed by atoms with van der Waals surface area (Å²) in [5.74, 6) is -0.665. The monoisotopic (exact) mass is 237 g/mol. The molecule has 82 valence electrons. The molecule has 2 aromatic heterocycles. The Balaban J connectivity index is 2.11. The van der Waals surface area contributed by atoms with Gasteiger partial charge in [0.1, 0.15) is 5.75 Å². The van der Waals surface area contributed by atoms with Gasteiger partial charge in [0.05, 0.1) is 0 Å². The van der Waals surface area contributed by atoms with Crippen molar-refractivity contribution in [2.45, 2.75) is 5.22 Å². The molecule has 0 fully saturated rings. The van der Waals surface area contributed by atoms with Gasteiger partial charge in [0.15, 0.2) is 0 Å². The molecule has 0 aliphatic heterocycles. The maximum Gasteiger partial charge on any atom is 0.314 e. The predicted molar refractivity (Wildman–Crippen MR) is 55.9 cm³/mol. The lowest BCUT2D eigenvalue weighted by atomic mass is 10.3. The van der Waals surface area contributed by atoms with Crippen LogP contribution in [0.15, 0.2) is 34.2 Å². The zero-order valence-corrected chi connectivity index (χ0v) is 8.85. The number of aliphatic carboxylic acids is 1. The van der Waals surface area contributed by atoms with Crippen molar-refractivity contribution in [1.29, 1.82) is 0 Å². The molecule has 2 aromatic rings. The molecule has 0 aliphatic rings. The Kier molecular flexibility index (Phi) is 3.16. The van der Waals surface area contributed by atoms with Gasteiger partial charge in [-0.3, -0.25) is 9.78 Å². The SMILES string of the molecule is O=C(O)CSc1nnc(-c2ccncc2)o1. The number of carboxylic acid groups (broad SMARTS) is 1. The minimum Gasteiger partial charge on any atom is -0.481 e. The van der Waals surface area contributed by atoms with Gasteiger partial charge in [-0.2, -0.15) is 0 Å². The first kappa shape index (κ1) is 10.6. The summed E-state index contributed by atoms with van der Waals surface area (Å²) in [5.41, 5.74) is 0.754. The van der Waals surface area contributed by atoms with Crippen LogP contribution in [0.5, 0.6) is 0 Å². The predicted octanol–water partition coefficient (Wildman–Crippen LogP) is 1.31. The number of thioether (sulfide) groups is 1. The first-order valence-electron chi connectivity index (χ1n) is 4.34. The summed E-state index contributed by atoms with van der Waals surface area (Å²) in [4.78, 5) is 14.2. The molecule has 0 aromatic carbocycles. The Bertz CT molecular complexity index is 486. The second-order valence-corrected chi connectivity index (χ2v) is 3.72. The van der Waals surface area contributed by atoms with Gasteiger partial charge in [-0.15, -0.1) is 10.2 Å². The molecule has 0 amide bonds. The molecule has 6 nitrogen and oxygen atoms in total. The van der Waals surface area contributed by atoms with Crippen LogP contribution in [0.4, 0.5) is 0 Å². The fraction of sp³-hybridized carbons (Fsp3) is 0.111. The van der Waals surface area contributed by atoms with E-state index in [1.165, 1.54) is 0 Å². The number of rotatable bonds is 4. The third-order valence-electron chi connectivity index (χ3n) is 1.65. The number of nitrogens with zero attached hydrogens (tertiary/aromatic N) is 3. The van der Waals surface area contributed by atoms with Gasteiger partial charge in [-0.25, -0.2) is 0 Å². The number of hydrogen-bond donors (Lipinski definition) is 1. The van der Waals surface area contributed by atoms with Crippen LogP contribution in [0, 0.1) is 0 Å². The topological polar surface area (TPSA) is 89.1 Å². The maximum atomic E-state index is 10.3. The number of aromatic nitrogens is 3. The molecule has 0 bridgehead atoms. The van der Waals surface area contributed by atoms with Crippen LogP contribution in [-0.2, 0) is 4.79 Å². The van der Waals surface area contributed by atoms with Crippen molar-refractivity contribution in [3.63, 3.8) is 0 Å². The van der Waals surface area contributed by atoms with E-state index in [0.29, 0.717) is 5.89 Å². The average molecular weight is 237 g/mol. The smallest absolute Gasteiger partial charge is 0.314 e. The minimum atomic E-state index is -0.923. The van der Waals surface area contributed by atoms with Crippen molar-refractivity contribution < 1.29 is 14.3 Å². The molecule has 7 heteroatoms. The van der Waals surface area contributed by atoms with Crippen molar-refractivity contribution in [2.75, 3.05) is 5.75 Å². The largest absolute Gasteiger partial charge is 0.481 e. The molecule has 0 saturated carbocycles. The second-order valence-electron chi connectivity index (χ2n) is 2.79. The van der Waals surface area contributed by atoms with E-state index in [4.69, 9.17) is 9.52 Å². The zero-order valence-electron chi connectivity index (χ0n) is 8.03. The van der Waals surface area contributed by atoms with E-state index >= 15 is 0 Å². The molecule has 0 spiro atoms. The maximum absolute atomic E-state index is 10.3. The Morgan fingerprint density at radius 2 is 2.12 bits per heavy atom. The van der Waals surface area contributed by atoms with Crippen molar-refractivity contribution in [3.05, 3.63) is 24.5 Å². The highest BCUT2D eigenvalue weighted by Crippen LogP contribution is 2.22. The highest BCUT2D eigenvalue weighted by Gasteiger charge is 2.09. The quantitative estimate of drug-likeness (QED) is 0.801. The third-order valence-corrected chi connectivity index (χ3v) is 2.46. The van der Waals surface area contributed by atoms with Crippen LogP contribution in [0.2, 0.25) is 0 Å². The van der Waals surface area contributed by atoms with Crippen LogP contribution in [0.3, 0.4) is 0 Å². The molecule has 2 rings (SSSR count). The molecule has 0 aliphatic carbocycles. The van der Waals surface area contributed by atoms with Crippen molar-refractivity contribution in [1.82, 2.24) is 15.2 Å². The van der Waals surface area contributed by atoms with Gasteiger partial charge >= 0.3 is 5.97 Å². The van der Waals surface area contributed by atoms with Gasteiger partial charge in [-0.1, -0.05) is 11.8 Å². The molecule has 2 heterocycles. The van der Waals surface area contributed by atoms with Gasteiger partial charge in [0, 0.05) is 18.0 Å². The molecular formula is C9H7N3O3S. The summed E-state index contributed by atoms with van der Waals surface area (Å²) in [6, 6.07) is 3.47. The summed E-state index contributed by atoms with van der Waals surface area (Å²) < 4.78 is 5.27. The number of pyridine rings is 1. The first-order chi connectivity index (χ1) is 7.75. The Morgan fingerprint density at radius 1 is 1.38 bits per heavy atom. The Labute approximate surface area is 94.7 Å². The van der Waals surface area contributed by atoms with Gasteiger partial charge in [0.25, 0.3) is 5.22 Å². The highest BCUT2D eigenvalue weighted by atomic mass is 32.2. The lowest BCUT2D eigenvalue weighted by molar-refractivity contribution is -0.133. The van der Waals surface area contributed by atoms with E-state index in [1.807, 2.05) is 0 Å². The molecular weight excluding hydrogens is 230 g/mol. The summed E-state index contributed by atoms with van der Waals surface area (Å²) in [6.45, 7) is 0. The lowest BCUT2D eigenvalue weighted by Gasteiger charge is -1.91. The second kappa shape index (κ2) is 4.75. The van der Waals surface area contributed by atoms with Crippen LogP contribution in [0.25, 0.3) is 11.5 Å². The van der Waals surface area contributed by atoms with Crippen LogP contribution >= 0.6 is 11.8 Å². The van der Waals surface area contributed by atoms with E-state index in [9.17, 15) is 4.79 Å². The Morgan fingerprint density at radius 3 is 2.81 bits per heavy atom. The highest BCUT2D eigenvalue weighted by molar-refractivity contribution is 7.99. The third kappa shape index (κ3) is 2.57. The number of hydrogen-bond acceptors (Lipinski definition) is 6. The summed E-state index contributed by atoms with van der Waals surface area (Å²) in [6.07, 6.45) is 3.23. The van der Waals surface area contributed by atoms with Crippen LogP contribution in [0.1, 0.15) is 0 Å². The van der Waals surface area contributed by atoms with E-state index in [0.717, 1.165) is 17.3 Å². The molecule has 0 saturated heterocycles. The standard InChI is InChI=1S/C9H7N3O3S/c13-7(14)5-16-9-12-11-8(15-9)6-1-3-10-4-2-6/h1-4H,5H2,(H,13,14). The van der Waals surface area contributed by atoms with E-state index in [-0.39, 0.29) is 11.0 Å².